The van der Waals surface area contributed by atoms with Crippen LogP contribution in [0.3, 0.4) is 0 Å². The summed E-state index contributed by atoms with van der Waals surface area (Å²) in [6.07, 6.45) is -1.34. The maximum absolute atomic E-state index is 12.5. The predicted molar refractivity (Wildman–Crippen MR) is 94.7 cm³/mol. The van der Waals surface area contributed by atoms with Crippen LogP contribution >= 0.6 is 0 Å². The van der Waals surface area contributed by atoms with Gasteiger partial charge in [0.1, 0.15) is 11.3 Å². The highest BCUT2D eigenvalue weighted by Gasteiger charge is 2.28. The summed E-state index contributed by atoms with van der Waals surface area (Å²) in [6, 6.07) is 12.1. The van der Waals surface area contributed by atoms with Crippen LogP contribution in [-0.4, -0.2) is 29.6 Å². The molecule has 2 aromatic carbocycles. The molecule has 0 saturated carbocycles. The average molecular weight is 356 g/mol. The van der Waals surface area contributed by atoms with Gasteiger partial charge in [-0.2, -0.15) is 0 Å². The number of carbonyl (C=O) groups excluding carboxylic acids is 3. The molecule has 0 fully saturated rings. The molecule has 26 heavy (non-hydrogen) atoms. The van der Waals surface area contributed by atoms with Crippen molar-refractivity contribution in [1.29, 1.82) is 0 Å². The number of rotatable bonds is 5. The Morgan fingerprint density at radius 1 is 1.12 bits per heavy atom. The minimum absolute atomic E-state index is 0.0586. The zero-order chi connectivity index (χ0) is 19.1. The number of hydrogen-bond acceptors (Lipinski definition) is 5. The number of imide groups is 1. The molecular formula is C19H20N2O5. The fraction of sp³-hybridized carbons (Fsp3) is 0.211. The summed E-state index contributed by atoms with van der Waals surface area (Å²) in [5.41, 5.74) is 1.09. The molecule has 0 heterocycles. The van der Waals surface area contributed by atoms with E-state index in [9.17, 15) is 19.5 Å². The number of ether oxygens (including phenoxy) is 1. The van der Waals surface area contributed by atoms with E-state index in [1.54, 1.807) is 50.2 Å². The van der Waals surface area contributed by atoms with Crippen molar-refractivity contribution in [2.45, 2.75) is 20.0 Å². The molecule has 0 spiro atoms. The molecule has 7 heteroatoms. The summed E-state index contributed by atoms with van der Waals surface area (Å²) < 4.78 is 5.31. The first-order valence-electron chi connectivity index (χ1n) is 8.06. The Balaban J connectivity index is 2.27. The molecule has 0 aliphatic carbocycles. The van der Waals surface area contributed by atoms with Gasteiger partial charge in [-0.1, -0.05) is 42.0 Å². The van der Waals surface area contributed by atoms with Crippen LogP contribution in [0.5, 0.6) is 5.75 Å². The van der Waals surface area contributed by atoms with Gasteiger partial charge in [0.05, 0.1) is 0 Å². The topological polar surface area (TPSA) is 105 Å². The molecule has 7 nitrogen and oxygen atoms in total. The Kier molecular flexibility index (Phi) is 6.32. The Labute approximate surface area is 151 Å². The number of phenols is 1. The highest BCUT2D eigenvalue weighted by atomic mass is 16.5. The van der Waals surface area contributed by atoms with Gasteiger partial charge in [-0.05, 0) is 26.0 Å². The van der Waals surface area contributed by atoms with Crippen molar-refractivity contribution < 1.29 is 24.2 Å². The van der Waals surface area contributed by atoms with Gasteiger partial charge in [0.15, 0.2) is 0 Å². The molecule has 0 aliphatic rings. The summed E-state index contributed by atoms with van der Waals surface area (Å²) in [5.74, 6) is -1.91. The molecule has 1 atom stereocenters. The lowest BCUT2D eigenvalue weighted by atomic mass is 10.1. The summed E-state index contributed by atoms with van der Waals surface area (Å²) >= 11 is 0. The van der Waals surface area contributed by atoms with Gasteiger partial charge in [-0.15, -0.1) is 0 Å². The fourth-order valence-corrected chi connectivity index (χ4v) is 2.27. The van der Waals surface area contributed by atoms with Crippen LogP contribution in [-0.2, 0) is 9.53 Å². The smallest absolute Gasteiger partial charge is 0.343 e. The Hall–Kier alpha value is -3.35. The average Bonchev–Trinajstić information content (AvgIpc) is 2.62. The molecule has 2 rings (SSSR count). The SMILES string of the molecule is CCNC(=O)NC(=O)[C@@H](OC(=O)c1cc(C)ccc1O)c1ccccc1. The van der Waals surface area contributed by atoms with Gasteiger partial charge in [0.25, 0.3) is 5.91 Å². The van der Waals surface area contributed by atoms with E-state index in [1.807, 2.05) is 0 Å². The first-order chi connectivity index (χ1) is 12.4. The molecule has 0 unspecified atom stereocenters. The summed E-state index contributed by atoms with van der Waals surface area (Å²) in [6.45, 7) is 3.80. The van der Waals surface area contributed by atoms with E-state index >= 15 is 0 Å². The number of phenolic OH excluding ortho intramolecular Hbond substituents is 1. The highest BCUT2D eigenvalue weighted by molar-refractivity contribution is 5.99. The number of aromatic hydroxyl groups is 1. The Bertz CT molecular complexity index is 805. The first-order valence-corrected chi connectivity index (χ1v) is 8.06. The lowest BCUT2D eigenvalue weighted by molar-refractivity contribution is -0.129. The standard InChI is InChI=1S/C19H20N2O5/c1-3-20-19(25)21-17(23)16(13-7-5-4-6-8-13)26-18(24)14-11-12(2)9-10-15(14)22/h4-11,16,22H,3H2,1-2H3,(H2,20,21,23,25)/t16-/m0/s1. The maximum atomic E-state index is 12.5. The largest absolute Gasteiger partial charge is 0.507 e. The first kappa shape index (κ1) is 19.0. The second-order valence-electron chi connectivity index (χ2n) is 5.57. The number of esters is 1. The number of amides is 3. The van der Waals surface area contributed by atoms with E-state index in [0.29, 0.717) is 12.1 Å². The number of urea groups is 1. The zero-order valence-corrected chi connectivity index (χ0v) is 14.5. The molecule has 3 N–H and O–H groups in total. The maximum Gasteiger partial charge on any atom is 0.343 e. The van der Waals surface area contributed by atoms with Crippen LogP contribution in [0.15, 0.2) is 48.5 Å². The normalized spacial score (nSPS) is 11.3. The van der Waals surface area contributed by atoms with Crippen molar-refractivity contribution in [3.63, 3.8) is 0 Å². The molecule has 0 bridgehead atoms. The molecule has 0 saturated heterocycles. The molecular weight excluding hydrogens is 336 g/mol. The predicted octanol–water partition coefficient (Wildman–Crippen LogP) is 2.44. The van der Waals surface area contributed by atoms with Crippen molar-refractivity contribution >= 4 is 17.9 Å². The highest BCUT2D eigenvalue weighted by Crippen LogP contribution is 2.24. The summed E-state index contributed by atoms with van der Waals surface area (Å²) in [4.78, 5) is 36.5. The van der Waals surface area contributed by atoms with E-state index in [0.717, 1.165) is 5.56 Å². The van der Waals surface area contributed by atoms with Crippen LogP contribution < -0.4 is 10.6 Å². The summed E-state index contributed by atoms with van der Waals surface area (Å²) in [5, 5.41) is 14.4. The van der Waals surface area contributed by atoms with Gasteiger partial charge in [0, 0.05) is 12.1 Å². The van der Waals surface area contributed by atoms with Crippen molar-refractivity contribution in [3.05, 3.63) is 65.2 Å². The minimum Gasteiger partial charge on any atom is -0.507 e. The van der Waals surface area contributed by atoms with Gasteiger partial charge in [-0.25, -0.2) is 9.59 Å². The number of carbonyl (C=O) groups is 3. The van der Waals surface area contributed by atoms with E-state index in [-0.39, 0.29) is 11.3 Å². The van der Waals surface area contributed by atoms with Gasteiger partial charge < -0.3 is 15.2 Å². The third-order valence-electron chi connectivity index (χ3n) is 3.51. The van der Waals surface area contributed by atoms with Crippen LogP contribution in [0.1, 0.15) is 34.5 Å². The number of benzene rings is 2. The van der Waals surface area contributed by atoms with E-state index < -0.39 is 24.0 Å². The monoisotopic (exact) mass is 356 g/mol. The quantitative estimate of drug-likeness (QED) is 0.714. The van der Waals surface area contributed by atoms with E-state index in [1.165, 1.54) is 12.1 Å². The number of hydrogen-bond donors (Lipinski definition) is 3. The van der Waals surface area contributed by atoms with E-state index in [4.69, 9.17) is 4.74 Å². The van der Waals surface area contributed by atoms with E-state index in [2.05, 4.69) is 10.6 Å². The number of nitrogens with one attached hydrogen (secondary N) is 2. The van der Waals surface area contributed by atoms with Crippen LogP contribution in [0, 0.1) is 6.92 Å². The van der Waals surface area contributed by atoms with Crippen molar-refractivity contribution in [2.75, 3.05) is 6.54 Å². The molecule has 0 radical (unpaired) electrons. The fourth-order valence-electron chi connectivity index (χ4n) is 2.27. The molecule has 0 aromatic heterocycles. The Morgan fingerprint density at radius 3 is 2.46 bits per heavy atom. The third kappa shape index (κ3) is 4.83. The third-order valence-corrected chi connectivity index (χ3v) is 3.51. The van der Waals surface area contributed by atoms with Crippen LogP contribution in [0.2, 0.25) is 0 Å². The van der Waals surface area contributed by atoms with Crippen LogP contribution in [0.25, 0.3) is 0 Å². The lowest BCUT2D eigenvalue weighted by Crippen LogP contribution is -2.42. The molecule has 136 valence electrons. The van der Waals surface area contributed by atoms with Crippen LogP contribution in [0.4, 0.5) is 4.79 Å². The second kappa shape index (κ2) is 8.66. The summed E-state index contributed by atoms with van der Waals surface area (Å²) in [7, 11) is 0. The molecule has 0 aliphatic heterocycles. The molecule has 2 aromatic rings. The molecule has 3 amide bonds. The van der Waals surface area contributed by atoms with Crippen molar-refractivity contribution in [1.82, 2.24) is 10.6 Å². The van der Waals surface area contributed by atoms with Crippen molar-refractivity contribution in [3.8, 4) is 5.75 Å². The number of aryl methyl sites for hydroxylation is 1. The van der Waals surface area contributed by atoms with Gasteiger partial charge in [-0.3, -0.25) is 10.1 Å². The minimum atomic E-state index is -1.34. The second-order valence-corrected chi connectivity index (χ2v) is 5.57. The van der Waals surface area contributed by atoms with Gasteiger partial charge >= 0.3 is 12.0 Å². The lowest BCUT2D eigenvalue weighted by Gasteiger charge is -2.18. The van der Waals surface area contributed by atoms with Gasteiger partial charge in [0.2, 0.25) is 6.10 Å². The zero-order valence-electron chi connectivity index (χ0n) is 14.5. The van der Waals surface area contributed by atoms with Crippen molar-refractivity contribution in [2.24, 2.45) is 0 Å². The Morgan fingerprint density at radius 2 is 1.81 bits per heavy atom.